The van der Waals surface area contributed by atoms with E-state index in [2.05, 4.69) is 36.2 Å². The van der Waals surface area contributed by atoms with Crippen molar-refractivity contribution in [3.05, 3.63) is 52.3 Å². The molecule has 34 heavy (non-hydrogen) atoms. The number of rotatable bonds is 6. The van der Waals surface area contributed by atoms with E-state index >= 15 is 0 Å². The van der Waals surface area contributed by atoms with Crippen molar-refractivity contribution in [1.29, 1.82) is 0 Å². The lowest BCUT2D eigenvalue weighted by atomic mass is 10.0. The molecule has 3 N–H and O–H groups in total. The third-order valence-electron chi connectivity index (χ3n) is 5.74. The van der Waals surface area contributed by atoms with Crippen LogP contribution in [0.25, 0.3) is 33.2 Å². The van der Waals surface area contributed by atoms with Crippen molar-refractivity contribution in [2.24, 2.45) is 0 Å². The number of hydrogen-bond donors (Lipinski definition) is 3. The highest BCUT2D eigenvalue weighted by atomic mass is 32.1. The third kappa shape index (κ3) is 4.60. The lowest BCUT2D eigenvalue weighted by Gasteiger charge is -2.11. The van der Waals surface area contributed by atoms with E-state index in [9.17, 15) is 9.59 Å². The van der Waals surface area contributed by atoms with E-state index in [0.29, 0.717) is 23.8 Å². The number of H-pyrrole nitrogens is 1. The first kappa shape index (κ1) is 22.0. The van der Waals surface area contributed by atoms with Gasteiger partial charge in [0.1, 0.15) is 10.8 Å². The van der Waals surface area contributed by atoms with Crippen LogP contribution in [0, 0.1) is 0 Å². The zero-order valence-electron chi connectivity index (χ0n) is 18.5. The maximum atomic E-state index is 12.1. The third-order valence-corrected chi connectivity index (χ3v) is 6.64. The summed E-state index contributed by atoms with van der Waals surface area (Å²) in [5.41, 5.74) is 4.05. The van der Waals surface area contributed by atoms with Crippen LogP contribution in [0.15, 0.2) is 45.3 Å². The Kier molecular flexibility index (Phi) is 6.17. The van der Waals surface area contributed by atoms with Crippen molar-refractivity contribution in [2.45, 2.75) is 38.5 Å². The number of aromatic nitrogens is 5. The smallest absolute Gasteiger partial charge is 0.388 e. The Morgan fingerprint density at radius 3 is 2.76 bits per heavy atom. The Morgan fingerprint density at radius 2 is 2.00 bits per heavy atom. The highest BCUT2D eigenvalue weighted by Crippen LogP contribution is 2.39. The summed E-state index contributed by atoms with van der Waals surface area (Å²) in [5, 5.41) is 14.6. The van der Waals surface area contributed by atoms with Gasteiger partial charge in [-0.15, -0.1) is 16.4 Å². The van der Waals surface area contributed by atoms with Crippen LogP contribution in [-0.2, 0) is 0 Å². The predicted octanol–water partition coefficient (Wildman–Crippen LogP) is 4.41. The zero-order chi connectivity index (χ0) is 23.5. The molecule has 11 heteroatoms. The summed E-state index contributed by atoms with van der Waals surface area (Å²) in [6.07, 6.45) is 9.77. The minimum atomic E-state index is -0.634. The van der Waals surface area contributed by atoms with Crippen LogP contribution >= 0.6 is 11.3 Å². The van der Waals surface area contributed by atoms with Gasteiger partial charge < -0.3 is 9.73 Å². The number of carbonyl (C=O) groups is 1. The number of carbonyl (C=O) groups excluding carboxylic acids is 1. The van der Waals surface area contributed by atoms with Crippen LogP contribution in [0.2, 0.25) is 0 Å². The Labute approximate surface area is 198 Å². The molecule has 10 nitrogen and oxygen atoms in total. The summed E-state index contributed by atoms with van der Waals surface area (Å²) < 4.78 is 5.08. The van der Waals surface area contributed by atoms with Gasteiger partial charge in [0.25, 0.3) is 5.89 Å². The van der Waals surface area contributed by atoms with Gasteiger partial charge in [0, 0.05) is 53.1 Å². The average molecular weight is 478 g/mol. The SMILES string of the molecule is CCNC(=O)Nc1cc(-c2nc(C3CCCC3)cs2)c(-c2cncc(-c3n[nH]c(=O)o3)c2)cn1. The first-order valence-electron chi connectivity index (χ1n) is 11.1. The largest absolute Gasteiger partial charge is 0.434 e. The summed E-state index contributed by atoms with van der Waals surface area (Å²) >= 11 is 1.58. The van der Waals surface area contributed by atoms with Gasteiger partial charge in [-0.2, -0.15) is 0 Å². The molecule has 4 aromatic rings. The maximum Gasteiger partial charge on any atom is 0.434 e. The Bertz CT molecular complexity index is 1370. The highest BCUT2D eigenvalue weighted by Gasteiger charge is 2.22. The summed E-state index contributed by atoms with van der Waals surface area (Å²) in [7, 11) is 0. The molecule has 4 aromatic heterocycles. The first-order valence-corrected chi connectivity index (χ1v) is 12.0. The molecule has 5 rings (SSSR count). The van der Waals surface area contributed by atoms with Crippen molar-refractivity contribution >= 4 is 23.2 Å². The molecule has 174 valence electrons. The monoisotopic (exact) mass is 477 g/mol. The molecule has 1 fully saturated rings. The maximum absolute atomic E-state index is 12.1. The fourth-order valence-electron chi connectivity index (χ4n) is 4.13. The van der Waals surface area contributed by atoms with Crippen molar-refractivity contribution < 1.29 is 9.21 Å². The number of anilines is 1. The Hall–Kier alpha value is -3.86. The van der Waals surface area contributed by atoms with E-state index in [0.717, 1.165) is 40.2 Å². The van der Waals surface area contributed by atoms with Crippen molar-refractivity contribution in [1.82, 2.24) is 30.5 Å². The molecule has 0 unspecified atom stereocenters. The van der Waals surface area contributed by atoms with Crippen LogP contribution in [0.1, 0.15) is 44.2 Å². The molecule has 0 bridgehead atoms. The molecular weight excluding hydrogens is 454 g/mol. The zero-order valence-corrected chi connectivity index (χ0v) is 19.3. The van der Waals surface area contributed by atoms with Gasteiger partial charge in [-0.05, 0) is 31.9 Å². The van der Waals surface area contributed by atoms with E-state index in [4.69, 9.17) is 9.40 Å². The molecule has 0 spiro atoms. The number of hydrogen-bond acceptors (Lipinski definition) is 8. The van der Waals surface area contributed by atoms with Crippen LogP contribution in [-0.4, -0.2) is 37.7 Å². The molecule has 1 aliphatic carbocycles. The second-order valence-corrected chi connectivity index (χ2v) is 8.90. The van der Waals surface area contributed by atoms with Gasteiger partial charge in [-0.3, -0.25) is 10.3 Å². The van der Waals surface area contributed by atoms with Gasteiger partial charge >= 0.3 is 11.8 Å². The number of nitrogens with zero attached hydrogens (tertiary/aromatic N) is 4. The summed E-state index contributed by atoms with van der Waals surface area (Å²) in [5.74, 6) is 0.437. The van der Waals surface area contributed by atoms with Crippen molar-refractivity contribution in [3.8, 4) is 33.2 Å². The standard InChI is InChI=1S/C23H23N7O3S/c1-2-25-22(31)28-19-8-16(21-27-18(12-34-21)13-5-3-4-6-13)17(11-26-19)14-7-15(10-24-9-14)20-29-30-23(32)33-20/h7-13H,2-6H2,1H3,(H,30,32)(H2,25,26,28,31). The normalized spacial score (nSPS) is 13.8. The van der Waals surface area contributed by atoms with Gasteiger partial charge in [0.15, 0.2) is 0 Å². The average Bonchev–Trinajstić information content (AvgIpc) is 3.61. The molecule has 1 aliphatic rings. The highest BCUT2D eigenvalue weighted by molar-refractivity contribution is 7.13. The second kappa shape index (κ2) is 9.56. The second-order valence-electron chi connectivity index (χ2n) is 8.04. The fraction of sp³-hybridized carbons (Fsp3) is 0.304. The van der Waals surface area contributed by atoms with E-state index in [-0.39, 0.29) is 11.9 Å². The Morgan fingerprint density at radius 1 is 1.18 bits per heavy atom. The van der Waals surface area contributed by atoms with Crippen LogP contribution in [0.4, 0.5) is 10.6 Å². The topological polar surface area (TPSA) is 139 Å². The fourth-order valence-corrected chi connectivity index (χ4v) is 5.06. The van der Waals surface area contributed by atoms with Crippen molar-refractivity contribution in [3.63, 3.8) is 0 Å². The first-order chi connectivity index (χ1) is 16.6. The molecule has 0 aromatic carbocycles. The van der Waals surface area contributed by atoms with Gasteiger partial charge in [0.05, 0.1) is 11.3 Å². The van der Waals surface area contributed by atoms with Crippen LogP contribution < -0.4 is 16.4 Å². The summed E-state index contributed by atoms with van der Waals surface area (Å²) in [6.45, 7) is 2.36. The molecule has 0 atom stereocenters. The number of aromatic amines is 1. The summed E-state index contributed by atoms with van der Waals surface area (Å²) in [6, 6.07) is 3.33. The quantitative estimate of drug-likeness (QED) is 0.374. The molecule has 1 saturated carbocycles. The lowest BCUT2D eigenvalue weighted by Crippen LogP contribution is -2.28. The molecule has 0 saturated heterocycles. The van der Waals surface area contributed by atoms with Crippen molar-refractivity contribution in [2.75, 3.05) is 11.9 Å². The van der Waals surface area contributed by atoms with Gasteiger partial charge in [0.2, 0.25) is 0 Å². The van der Waals surface area contributed by atoms with E-state index < -0.39 is 5.76 Å². The van der Waals surface area contributed by atoms with Crippen LogP contribution in [0.5, 0.6) is 0 Å². The molecular formula is C23H23N7O3S. The number of nitrogens with one attached hydrogen (secondary N) is 3. The Balaban J connectivity index is 1.56. The number of urea groups is 1. The van der Waals surface area contributed by atoms with Gasteiger partial charge in [-0.25, -0.2) is 24.7 Å². The number of amides is 2. The lowest BCUT2D eigenvalue weighted by molar-refractivity contribution is 0.252. The molecule has 0 aliphatic heterocycles. The minimum absolute atomic E-state index is 0.154. The molecule has 2 amide bonds. The summed E-state index contributed by atoms with van der Waals surface area (Å²) in [4.78, 5) is 37.1. The molecule has 4 heterocycles. The minimum Gasteiger partial charge on any atom is -0.388 e. The molecule has 0 radical (unpaired) electrons. The van der Waals surface area contributed by atoms with E-state index in [1.165, 1.54) is 12.8 Å². The predicted molar refractivity (Wildman–Crippen MR) is 129 cm³/mol. The number of thiazole rings is 1. The van der Waals surface area contributed by atoms with Gasteiger partial charge in [-0.1, -0.05) is 12.8 Å². The number of pyridine rings is 2. The van der Waals surface area contributed by atoms with Crippen LogP contribution in [0.3, 0.4) is 0 Å². The van der Waals surface area contributed by atoms with E-state index in [1.807, 2.05) is 19.1 Å². The van der Waals surface area contributed by atoms with E-state index in [1.54, 1.807) is 29.9 Å².